The molecule has 0 aliphatic carbocycles. The lowest BCUT2D eigenvalue weighted by Crippen LogP contribution is -2.38. The number of hydrogen-bond donors (Lipinski definition) is 2. The van der Waals surface area contributed by atoms with Crippen LogP contribution in [-0.2, 0) is 4.79 Å². The van der Waals surface area contributed by atoms with Gasteiger partial charge in [-0.2, -0.15) is 0 Å². The predicted molar refractivity (Wildman–Crippen MR) is 82.0 cm³/mol. The van der Waals surface area contributed by atoms with Crippen LogP contribution in [0.3, 0.4) is 0 Å². The summed E-state index contributed by atoms with van der Waals surface area (Å²) in [6.07, 6.45) is 6.02. The lowest BCUT2D eigenvalue weighted by atomic mass is 9.96. The van der Waals surface area contributed by atoms with Gasteiger partial charge in [-0.05, 0) is 31.7 Å². The van der Waals surface area contributed by atoms with Crippen LogP contribution in [0.5, 0.6) is 0 Å². The van der Waals surface area contributed by atoms with Crippen LogP contribution in [0.4, 0.5) is 11.4 Å². The summed E-state index contributed by atoms with van der Waals surface area (Å²) in [5.41, 5.74) is 2.26. The zero-order valence-corrected chi connectivity index (χ0v) is 12.4. The molecule has 0 radical (unpaired) electrons. The van der Waals surface area contributed by atoms with Gasteiger partial charge < -0.3 is 15.5 Å². The van der Waals surface area contributed by atoms with Crippen LogP contribution in [0, 0.1) is 5.92 Å². The summed E-state index contributed by atoms with van der Waals surface area (Å²) in [5, 5.41) is 6.21. The molecule has 1 amide bonds. The Morgan fingerprint density at radius 2 is 2.15 bits per heavy atom. The van der Waals surface area contributed by atoms with Gasteiger partial charge >= 0.3 is 0 Å². The van der Waals surface area contributed by atoms with Crippen LogP contribution in [0.2, 0.25) is 0 Å². The Morgan fingerprint density at radius 3 is 2.80 bits per heavy atom. The minimum atomic E-state index is 0.0648. The molecule has 0 unspecified atom stereocenters. The van der Waals surface area contributed by atoms with Gasteiger partial charge in [-0.15, -0.1) is 0 Å². The van der Waals surface area contributed by atoms with E-state index in [1.165, 1.54) is 5.69 Å². The van der Waals surface area contributed by atoms with Gasteiger partial charge in [-0.1, -0.05) is 0 Å². The van der Waals surface area contributed by atoms with Gasteiger partial charge in [0.25, 0.3) is 0 Å². The van der Waals surface area contributed by atoms with Gasteiger partial charge in [0, 0.05) is 33.1 Å². The number of carbonyl (C=O) groups is 1. The van der Waals surface area contributed by atoms with E-state index in [1.807, 2.05) is 12.4 Å². The number of anilines is 2. The summed E-state index contributed by atoms with van der Waals surface area (Å²) in [5.74, 6) is 0.662. The Labute approximate surface area is 120 Å². The number of pyridine rings is 1. The SMILES string of the molecule is CCNc1cncc(N2CCC(CNC(C)=O)CC2)c1. The number of piperidine rings is 1. The van der Waals surface area contributed by atoms with Gasteiger partial charge in [-0.25, -0.2) is 0 Å². The van der Waals surface area contributed by atoms with E-state index in [-0.39, 0.29) is 5.91 Å². The minimum absolute atomic E-state index is 0.0648. The Hall–Kier alpha value is -1.78. The quantitative estimate of drug-likeness (QED) is 0.862. The van der Waals surface area contributed by atoms with Crippen LogP contribution >= 0.6 is 0 Å². The van der Waals surface area contributed by atoms with E-state index in [9.17, 15) is 4.79 Å². The van der Waals surface area contributed by atoms with Crippen molar-refractivity contribution >= 4 is 17.3 Å². The summed E-state index contributed by atoms with van der Waals surface area (Å²) in [6, 6.07) is 2.16. The molecule has 1 fully saturated rings. The molecule has 0 bridgehead atoms. The molecule has 5 nitrogen and oxygen atoms in total. The molecule has 0 aromatic carbocycles. The molecule has 2 rings (SSSR count). The number of nitrogens with zero attached hydrogens (tertiary/aromatic N) is 2. The Kier molecular flexibility index (Phi) is 5.21. The standard InChI is InChI=1S/C15H24N4O/c1-3-17-14-8-15(11-16-10-14)19-6-4-13(5-7-19)9-18-12(2)20/h8,10-11,13,17H,3-7,9H2,1-2H3,(H,18,20). The fourth-order valence-corrected chi connectivity index (χ4v) is 2.58. The summed E-state index contributed by atoms with van der Waals surface area (Å²) in [6.45, 7) is 7.43. The lowest BCUT2D eigenvalue weighted by Gasteiger charge is -2.33. The van der Waals surface area contributed by atoms with E-state index >= 15 is 0 Å². The van der Waals surface area contributed by atoms with Crippen molar-refractivity contribution in [3.8, 4) is 0 Å². The van der Waals surface area contributed by atoms with E-state index in [2.05, 4.69) is 33.5 Å². The fraction of sp³-hybridized carbons (Fsp3) is 0.600. The average molecular weight is 276 g/mol. The van der Waals surface area contributed by atoms with Gasteiger partial charge in [0.1, 0.15) is 0 Å². The summed E-state index contributed by atoms with van der Waals surface area (Å²) in [4.78, 5) is 17.6. The molecule has 20 heavy (non-hydrogen) atoms. The van der Waals surface area contributed by atoms with Gasteiger partial charge in [0.15, 0.2) is 0 Å². The Balaban J connectivity index is 1.86. The highest BCUT2D eigenvalue weighted by Crippen LogP contribution is 2.24. The maximum Gasteiger partial charge on any atom is 0.216 e. The third kappa shape index (κ3) is 4.11. The fourth-order valence-electron chi connectivity index (χ4n) is 2.58. The van der Waals surface area contributed by atoms with Crippen molar-refractivity contribution in [3.63, 3.8) is 0 Å². The Morgan fingerprint density at radius 1 is 1.40 bits per heavy atom. The van der Waals surface area contributed by atoms with Crippen molar-refractivity contribution in [1.29, 1.82) is 0 Å². The third-order valence-corrected chi connectivity index (χ3v) is 3.72. The molecule has 0 spiro atoms. The number of nitrogens with one attached hydrogen (secondary N) is 2. The zero-order chi connectivity index (χ0) is 14.4. The van der Waals surface area contributed by atoms with Crippen molar-refractivity contribution in [3.05, 3.63) is 18.5 Å². The monoisotopic (exact) mass is 276 g/mol. The third-order valence-electron chi connectivity index (χ3n) is 3.72. The van der Waals surface area contributed by atoms with Crippen molar-refractivity contribution in [2.45, 2.75) is 26.7 Å². The lowest BCUT2D eigenvalue weighted by molar-refractivity contribution is -0.119. The number of rotatable bonds is 5. The normalized spacial score (nSPS) is 16.0. The highest BCUT2D eigenvalue weighted by molar-refractivity contribution is 5.72. The first-order valence-corrected chi connectivity index (χ1v) is 7.37. The van der Waals surface area contributed by atoms with Gasteiger partial charge in [0.2, 0.25) is 5.91 Å². The van der Waals surface area contributed by atoms with E-state index < -0.39 is 0 Å². The largest absolute Gasteiger partial charge is 0.384 e. The minimum Gasteiger partial charge on any atom is -0.384 e. The molecule has 110 valence electrons. The molecule has 1 aromatic rings. The molecule has 2 heterocycles. The first-order chi connectivity index (χ1) is 9.69. The molecule has 0 atom stereocenters. The van der Waals surface area contributed by atoms with Crippen LogP contribution in [0.1, 0.15) is 26.7 Å². The van der Waals surface area contributed by atoms with Crippen LogP contribution in [0.15, 0.2) is 18.5 Å². The second-order valence-corrected chi connectivity index (χ2v) is 5.33. The molecule has 5 heteroatoms. The topological polar surface area (TPSA) is 57.3 Å². The maximum atomic E-state index is 10.9. The summed E-state index contributed by atoms with van der Waals surface area (Å²) < 4.78 is 0. The molecule has 1 saturated heterocycles. The zero-order valence-electron chi connectivity index (χ0n) is 12.4. The average Bonchev–Trinajstić information content (AvgIpc) is 2.46. The molecule has 1 aromatic heterocycles. The summed E-state index contributed by atoms with van der Waals surface area (Å²) in [7, 11) is 0. The van der Waals surface area contributed by atoms with Crippen molar-refractivity contribution in [1.82, 2.24) is 10.3 Å². The van der Waals surface area contributed by atoms with Gasteiger partial charge in [0.05, 0.1) is 23.8 Å². The second kappa shape index (κ2) is 7.12. The van der Waals surface area contributed by atoms with Crippen LogP contribution < -0.4 is 15.5 Å². The van der Waals surface area contributed by atoms with Crippen LogP contribution in [0.25, 0.3) is 0 Å². The highest BCUT2D eigenvalue weighted by Gasteiger charge is 2.19. The first-order valence-electron chi connectivity index (χ1n) is 7.37. The van der Waals surface area contributed by atoms with Crippen molar-refractivity contribution in [2.24, 2.45) is 5.92 Å². The number of aromatic nitrogens is 1. The van der Waals surface area contributed by atoms with E-state index in [1.54, 1.807) is 6.92 Å². The first kappa shape index (κ1) is 14.6. The Bertz CT molecular complexity index is 441. The number of carbonyl (C=O) groups excluding carboxylic acids is 1. The molecule has 2 N–H and O–H groups in total. The van der Waals surface area contributed by atoms with E-state index in [0.717, 1.165) is 44.7 Å². The predicted octanol–water partition coefficient (Wildman–Crippen LogP) is 1.87. The molecule has 1 aliphatic rings. The smallest absolute Gasteiger partial charge is 0.216 e. The van der Waals surface area contributed by atoms with Crippen molar-refractivity contribution < 1.29 is 4.79 Å². The molecular formula is C15H24N4O. The van der Waals surface area contributed by atoms with Gasteiger partial charge in [-0.3, -0.25) is 9.78 Å². The second-order valence-electron chi connectivity index (χ2n) is 5.33. The van der Waals surface area contributed by atoms with Crippen molar-refractivity contribution in [2.75, 3.05) is 36.4 Å². The van der Waals surface area contributed by atoms with E-state index in [0.29, 0.717) is 5.92 Å². The molecule has 1 aliphatic heterocycles. The maximum absolute atomic E-state index is 10.9. The molecule has 0 saturated carbocycles. The highest BCUT2D eigenvalue weighted by atomic mass is 16.1. The number of amides is 1. The molecular weight excluding hydrogens is 252 g/mol. The summed E-state index contributed by atoms with van der Waals surface area (Å²) >= 11 is 0. The number of hydrogen-bond acceptors (Lipinski definition) is 4. The van der Waals surface area contributed by atoms with E-state index in [4.69, 9.17) is 0 Å². The van der Waals surface area contributed by atoms with Crippen LogP contribution in [-0.4, -0.2) is 37.1 Å².